The van der Waals surface area contributed by atoms with Gasteiger partial charge in [-0.05, 0) is 41.2 Å². The van der Waals surface area contributed by atoms with E-state index < -0.39 is 0 Å². The molecule has 0 atom stereocenters. The molecule has 4 rings (SSSR count). The summed E-state index contributed by atoms with van der Waals surface area (Å²) in [5, 5.41) is 1.75. The van der Waals surface area contributed by atoms with Crippen LogP contribution in [0.15, 0.2) is 60.7 Å². The fourth-order valence-corrected chi connectivity index (χ4v) is 5.38. The minimum atomic E-state index is -0.104. The SMILES string of the molecule is CCCCCC[C@H]1CC[C@H](CCc2ccc3c(F)c(-c4ccccc4)ccc3c2)CC1. The van der Waals surface area contributed by atoms with E-state index >= 15 is 4.39 Å². The van der Waals surface area contributed by atoms with Gasteiger partial charge in [0.25, 0.3) is 0 Å². The van der Waals surface area contributed by atoms with Crippen LogP contribution in [-0.4, -0.2) is 0 Å². The highest BCUT2D eigenvalue weighted by molar-refractivity contribution is 5.88. The van der Waals surface area contributed by atoms with Gasteiger partial charge in [0.05, 0.1) is 0 Å². The topological polar surface area (TPSA) is 0 Å². The van der Waals surface area contributed by atoms with E-state index in [9.17, 15) is 0 Å². The van der Waals surface area contributed by atoms with Gasteiger partial charge in [0.15, 0.2) is 0 Å². The van der Waals surface area contributed by atoms with E-state index in [1.54, 1.807) is 0 Å². The Balaban J connectivity index is 1.32. The molecule has 0 aliphatic heterocycles. The van der Waals surface area contributed by atoms with Crippen molar-refractivity contribution in [3.05, 3.63) is 72.0 Å². The number of benzene rings is 3. The van der Waals surface area contributed by atoms with E-state index in [1.807, 2.05) is 42.5 Å². The molecule has 1 aliphatic rings. The molecule has 0 nitrogen and oxygen atoms in total. The molecule has 1 saturated carbocycles. The zero-order valence-electron chi connectivity index (χ0n) is 19.1. The summed E-state index contributed by atoms with van der Waals surface area (Å²) in [6.07, 6.45) is 15.1. The predicted molar refractivity (Wildman–Crippen MR) is 132 cm³/mol. The van der Waals surface area contributed by atoms with E-state index in [0.29, 0.717) is 5.56 Å². The molecule has 0 heterocycles. The molecule has 0 aromatic heterocycles. The van der Waals surface area contributed by atoms with Gasteiger partial charge in [0.1, 0.15) is 5.82 Å². The molecule has 0 bridgehead atoms. The Hall–Kier alpha value is -2.15. The Kier molecular flexibility index (Phi) is 7.78. The minimum absolute atomic E-state index is 0.104. The van der Waals surface area contributed by atoms with E-state index in [2.05, 4.69) is 25.1 Å². The Bertz CT molecular complexity index is 951. The van der Waals surface area contributed by atoms with Crippen LogP contribution in [0, 0.1) is 17.7 Å². The fourth-order valence-electron chi connectivity index (χ4n) is 5.38. The first-order valence-electron chi connectivity index (χ1n) is 12.5. The average Bonchev–Trinajstić information content (AvgIpc) is 2.82. The lowest BCUT2D eigenvalue weighted by Gasteiger charge is -2.28. The van der Waals surface area contributed by atoms with Gasteiger partial charge in [0.2, 0.25) is 0 Å². The van der Waals surface area contributed by atoms with Crippen molar-refractivity contribution in [2.45, 2.75) is 77.6 Å². The van der Waals surface area contributed by atoms with Crippen molar-refractivity contribution in [1.82, 2.24) is 0 Å². The predicted octanol–water partition coefficient (Wildman–Crippen LogP) is 9.36. The lowest BCUT2D eigenvalue weighted by Crippen LogP contribution is -2.15. The molecule has 0 radical (unpaired) electrons. The van der Waals surface area contributed by atoms with Gasteiger partial charge in [-0.3, -0.25) is 0 Å². The van der Waals surface area contributed by atoms with E-state index in [-0.39, 0.29) is 5.82 Å². The van der Waals surface area contributed by atoms with Crippen molar-refractivity contribution >= 4 is 10.8 Å². The highest BCUT2D eigenvalue weighted by atomic mass is 19.1. The van der Waals surface area contributed by atoms with Crippen LogP contribution in [-0.2, 0) is 6.42 Å². The second-order valence-electron chi connectivity index (χ2n) is 9.62. The zero-order chi connectivity index (χ0) is 21.5. The monoisotopic (exact) mass is 416 g/mol. The Morgan fingerprint density at radius 3 is 2.26 bits per heavy atom. The third-order valence-electron chi connectivity index (χ3n) is 7.38. The maximum Gasteiger partial charge on any atom is 0.138 e. The van der Waals surface area contributed by atoms with E-state index in [4.69, 9.17) is 0 Å². The number of halogens is 1. The molecule has 31 heavy (non-hydrogen) atoms. The number of aryl methyl sites for hydroxylation is 1. The van der Waals surface area contributed by atoms with Gasteiger partial charge in [-0.25, -0.2) is 4.39 Å². The fraction of sp³-hybridized carbons (Fsp3) is 0.467. The van der Waals surface area contributed by atoms with Crippen molar-refractivity contribution in [2.75, 3.05) is 0 Å². The normalized spacial score (nSPS) is 19.0. The third kappa shape index (κ3) is 5.76. The van der Waals surface area contributed by atoms with Crippen molar-refractivity contribution in [2.24, 2.45) is 11.8 Å². The second-order valence-corrected chi connectivity index (χ2v) is 9.62. The van der Waals surface area contributed by atoms with Crippen molar-refractivity contribution in [3.8, 4) is 11.1 Å². The molecule has 1 heteroatoms. The molecule has 164 valence electrons. The number of unbranched alkanes of at least 4 members (excludes halogenated alkanes) is 3. The average molecular weight is 417 g/mol. The first-order chi connectivity index (χ1) is 15.2. The van der Waals surface area contributed by atoms with Gasteiger partial charge >= 0.3 is 0 Å². The number of rotatable bonds is 9. The van der Waals surface area contributed by atoms with Crippen molar-refractivity contribution in [1.29, 1.82) is 0 Å². The zero-order valence-corrected chi connectivity index (χ0v) is 19.1. The second kappa shape index (κ2) is 10.9. The quantitative estimate of drug-likeness (QED) is 0.305. The standard InChI is InChI=1S/C30H37F/c1-2-3-4-6-9-23-12-14-24(15-13-23)16-17-25-18-20-29-27(22-25)19-21-28(30(29)31)26-10-7-5-8-11-26/h5,7-8,10-11,18-24H,2-4,6,9,12-17H2,1H3/t23-,24-. The first kappa shape index (κ1) is 22.1. The van der Waals surface area contributed by atoms with Gasteiger partial charge < -0.3 is 0 Å². The lowest BCUT2D eigenvalue weighted by molar-refractivity contribution is 0.249. The summed E-state index contributed by atoms with van der Waals surface area (Å²) in [6, 6.07) is 20.2. The molecule has 0 amide bonds. The molecule has 3 aromatic carbocycles. The van der Waals surface area contributed by atoms with Crippen LogP contribution in [0.25, 0.3) is 21.9 Å². The molecule has 1 aliphatic carbocycles. The van der Waals surface area contributed by atoms with Crippen LogP contribution in [0.1, 0.15) is 76.7 Å². The summed E-state index contributed by atoms with van der Waals surface area (Å²) in [5.74, 6) is 1.75. The van der Waals surface area contributed by atoms with Gasteiger partial charge in [-0.2, -0.15) is 0 Å². The lowest BCUT2D eigenvalue weighted by atomic mass is 9.77. The van der Waals surface area contributed by atoms with E-state index in [1.165, 1.54) is 69.8 Å². The molecule has 1 fully saturated rings. The maximum atomic E-state index is 15.1. The molecule has 0 N–H and O–H groups in total. The number of hydrogen-bond acceptors (Lipinski definition) is 0. The highest BCUT2D eigenvalue weighted by Crippen LogP contribution is 2.35. The largest absolute Gasteiger partial charge is 0.206 e. The summed E-state index contributed by atoms with van der Waals surface area (Å²) in [6.45, 7) is 2.29. The summed E-state index contributed by atoms with van der Waals surface area (Å²) in [5.41, 5.74) is 2.97. The molecule has 0 saturated heterocycles. The minimum Gasteiger partial charge on any atom is -0.206 e. The Morgan fingerprint density at radius 1 is 0.774 bits per heavy atom. The number of hydrogen-bond donors (Lipinski definition) is 0. The van der Waals surface area contributed by atoms with Crippen LogP contribution in [0.5, 0.6) is 0 Å². The molecule has 0 unspecified atom stereocenters. The van der Waals surface area contributed by atoms with Crippen LogP contribution in [0.2, 0.25) is 0 Å². The third-order valence-corrected chi connectivity index (χ3v) is 7.38. The molecular formula is C30H37F. The van der Waals surface area contributed by atoms with Crippen LogP contribution >= 0.6 is 0 Å². The van der Waals surface area contributed by atoms with Gasteiger partial charge in [-0.1, -0.05) is 125 Å². The van der Waals surface area contributed by atoms with Crippen LogP contribution in [0.3, 0.4) is 0 Å². The highest BCUT2D eigenvalue weighted by Gasteiger charge is 2.20. The van der Waals surface area contributed by atoms with Crippen LogP contribution in [0.4, 0.5) is 4.39 Å². The number of fused-ring (bicyclic) bond motifs is 1. The van der Waals surface area contributed by atoms with Gasteiger partial charge in [0, 0.05) is 10.9 Å². The van der Waals surface area contributed by atoms with Crippen LogP contribution < -0.4 is 0 Å². The van der Waals surface area contributed by atoms with Gasteiger partial charge in [-0.15, -0.1) is 0 Å². The summed E-state index contributed by atoms with van der Waals surface area (Å²) in [7, 11) is 0. The Morgan fingerprint density at radius 2 is 1.52 bits per heavy atom. The maximum absolute atomic E-state index is 15.1. The smallest absolute Gasteiger partial charge is 0.138 e. The molecular weight excluding hydrogens is 379 g/mol. The summed E-state index contributed by atoms with van der Waals surface area (Å²) in [4.78, 5) is 0. The summed E-state index contributed by atoms with van der Waals surface area (Å²) >= 11 is 0. The summed E-state index contributed by atoms with van der Waals surface area (Å²) < 4.78 is 15.1. The molecule has 0 spiro atoms. The van der Waals surface area contributed by atoms with Crippen molar-refractivity contribution in [3.63, 3.8) is 0 Å². The Labute approximate surface area is 187 Å². The van der Waals surface area contributed by atoms with E-state index in [0.717, 1.165) is 34.6 Å². The van der Waals surface area contributed by atoms with Crippen molar-refractivity contribution < 1.29 is 4.39 Å². The first-order valence-corrected chi connectivity index (χ1v) is 12.5. The molecule has 3 aromatic rings.